The third kappa shape index (κ3) is 4.87. The Balaban J connectivity index is 1.32. The molecule has 6 heteroatoms. The number of hydrogen-bond donors (Lipinski definition) is 1. The van der Waals surface area contributed by atoms with Crippen molar-refractivity contribution in [1.82, 2.24) is 9.80 Å². The van der Waals surface area contributed by atoms with Gasteiger partial charge in [0.2, 0.25) is 0 Å². The van der Waals surface area contributed by atoms with Crippen LogP contribution < -0.4 is 9.64 Å². The largest absolute Gasteiger partial charge is 0.504 e. The number of phenols is 1. The van der Waals surface area contributed by atoms with Gasteiger partial charge in [0.05, 0.1) is 6.61 Å². The Bertz CT molecular complexity index is 822. The van der Waals surface area contributed by atoms with Gasteiger partial charge in [-0.15, -0.1) is 0 Å². The molecule has 2 fully saturated rings. The van der Waals surface area contributed by atoms with E-state index in [-0.39, 0.29) is 11.6 Å². The number of para-hydroxylation sites is 1. The molecule has 0 aromatic heterocycles. The summed E-state index contributed by atoms with van der Waals surface area (Å²) in [5, 5.41) is 10.5. The van der Waals surface area contributed by atoms with Crippen molar-refractivity contribution >= 4 is 5.69 Å². The molecule has 0 radical (unpaired) electrons. The summed E-state index contributed by atoms with van der Waals surface area (Å²) in [6.45, 7) is 9.31. The van der Waals surface area contributed by atoms with Crippen LogP contribution in [0.4, 0.5) is 10.1 Å². The molecule has 4 rings (SSSR count). The summed E-state index contributed by atoms with van der Waals surface area (Å²) in [6, 6.07) is 13.1. The highest BCUT2D eigenvalue weighted by Gasteiger charge is 2.28. The minimum absolute atomic E-state index is 0.183. The topological polar surface area (TPSA) is 39.2 Å². The standard InChI is InChI=1S/C24H32FN3O2/c1-2-30-23-7-3-5-19(24(23)29)17-26-12-4-6-22(18-26)28-15-13-27(14-16-28)21-10-8-20(25)9-11-21/h3,5,7-11,22,29H,2,4,6,12-18H2,1H3/t22-/m0/s1. The summed E-state index contributed by atoms with van der Waals surface area (Å²) in [6.07, 6.45) is 2.40. The van der Waals surface area contributed by atoms with Crippen molar-refractivity contribution in [3.63, 3.8) is 0 Å². The molecule has 0 saturated carbocycles. The van der Waals surface area contributed by atoms with Crippen LogP contribution in [0.25, 0.3) is 0 Å². The molecule has 0 amide bonds. The first-order chi connectivity index (χ1) is 14.6. The van der Waals surface area contributed by atoms with E-state index in [1.165, 1.54) is 25.0 Å². The molecule has 0 spiro atoms. The monoisotopic (exact) mass is 413 g/mol. The van der Waals surface area contributed by atoms with Crippen molar-refractivity contribution in [2.45, 2.75) is 32.4 Å². The maximum atomic E-state index is 13.2. The normalized spacial score (nSPS) is 21.0. The van der Waals surface area contributed by atoms with Gasteiger partial charge in [0.15, 0.2) is 11.5 Å². The van der Waals surface area contributed by atoms with Crippen molar-refractivity contribution in [1.29, 1.82) is 0 Å². The van der Waals surface area contributed by atoms with E-state index in [0.29, 0.717) is 18.4 Å². The van der Waals surface area contributed by atoms with Gasteiger partial charge in [-0.25, -0.2) is 4.39 Å². The summed E-state index contributed by atoms with van der Waals surface area (Å²) in [4.78, 5) is 7.39. The number of anilines is 1. The van der Waals surface area contributed by atoms with Crippen molar-refractivity contribution in [3.8, 4) is 11.5 Å². The lowest BCUT2D eigenvalue weighted by Crippen LogP contribution is -2.55. The molecule has 0 aliphatic carbocycles. The molecular weight excluding hydrogens is 381 g/mol. The molecule has 2 heterocycles. The van der Waals surface area contributed by atoms with Crippen molar-refractivity contribution < 1.29 is 14.2 Å². The number of likely N-dealkylation sites (tertiary alicyclic amines) is 1. The molecule has 1 atom stereocenters. The van der Waals surface area contributed by atoms with E-state index in [2.05, 4.69) is 14.7 Å². The molecular formula is C24H32FN3O2. The molecule has 2 saturated heterocycles. The minimum atomic E-state index is -0.183. The van der Waals surface area contributed by atoms with Gasteiger partial charge in [0, 0.05) is 56.6 Å². The number of phenolic OH excluding ortho intramolecular Hbond substituents is 1. The van der Waals surface area contributed by atoms with Gasteiger partial charge in [-0.3, -0.25) is 9.80 Å². The van der Waals surface area contributed by atoms with Gasteiger partial charge in [-0.05, 0) is 56.6 Å². The van der Waals surface area contributed by atoms with Crippen molar-refractivity contribution in [3.05, 3.63) is 53.8 Å². The fourth-order valence-electron chi connectivity index (χ4n) is 4.68. The number of piperidine rings is 1. The molecule has 30 heavy (non-hydrogen) atoms. The maximum absolute atomic E-state index is 13.2. The Kier molecular flexibility index (Phi) is 6.75. The predicted molar refractivity (Wildman–Crippen MR) is 118 cm³/mol. The Hall–Kier alpha value is -2.31. The van der Waals surface area contributed by atoms with Crippen LogP contribution in [-0.2, 0) is 6.54 Å². The molecule has 2 aromatic rings. The zero-order chi connectivity index (χ0) is 20.9. The van der Waals surface area contributed by atoms with Gasteiger partial charge in [0.1, 0.15) is 5.82 Å². The highest BCUT2D eigenvalue weighted by molar-refractivity contribution is 5.47. The van der Waals surface area contributed by atoms with Crippen LogP contribution in [0, 0.1) is 5.82 Å². The lowest BCUT2D eigenvalue weighted by Gasteiger charge is -2.44. The number of hydrogen-bond acceptors (Lipinski definition) is 5. The molecule has 5 nitrogen and oxygen atoms in total. The first-order valence-corrected chi connectivity index (χ1v) is 11.0. The van der Waals surface area contributed by atoms with E-state index < -0.39 is 0 Å². The van der Waals surface area contributed by atoms with Crippen LogP contribution in [0.3, 0.4) is 0 Å². The lowest BCUT2D eigenvalue weighted by molar-refractivity contribution is 0.0882. The average molecular weight is 414 g/mol. The quantitative estimate of drug-likeness (QED) is 0.782. The fraction of sp³-hybridized carbons (Fsp3) is 0.500. The number of piperazine rings is 1. The zero-order valence-corrected chi connectivity index (χ0v) is 17.8. The Morgan fingerprint density at radius 3 is 2.53 bits per heavy atom. The van der Waals surface area contributed by atoms with E-state index >= 15 is 0 Å². The van der Waals surface area contributed by atoms with Crippen LogP contribution in [0.15, 0.2) is 42.5 Å². The summed E-state index contributed by atoms with van der Waals surface area (Å²) in [5.74, 6) is 0.660. The molecule has 0 bridgehead atoms. The fourth-order valence-corrected chi connectivity index (χ4v) is 4.68. The van der Waals surface area contributed by atoms with Gasteiger partial charge in [-0.2, -0.15) is 0 Å². The maximum Gasteiger partial charge on any atom is 0.162 e. The first-order valence-electron chi connectivity index (χ1n) is 11.0. The van der Waals surface area contributed by atoms with Crippen molar-refractivity contribution in [2.75, 3.05) is 50.8 Å². The van der Waals surface area contributed by atoms with Gasteiger partial charge in [-0.1, -0.05) is 12.1 Å². The molecule has 0 unspecified atom stereocenters. The highest BCUT2D eigenvalue weighted by Crippen LogP contribution is 2.31. The smallest absolute Gasteiger partial charge is 0.162 e. The molecule has 2 aliphatic heterocycles. The van der Waals surface area contributed by atoms with E-state index in [4.69, 9.17) is 4.74 Å². The molecule has 2 aromatic carbocycles. The SMILES string of the molecule is CCOc1cccc(CN2CCC[C@H](N3CCN(c4ccc(F)cc4)CC3)C2)c1O. The molecule has 2 aliphatic rings. The Labute approximate surface area is 178 Å². The highest BCUT2D eigenvalue weighted by atomic mass is 19.1. The third-order valence-corrected chi connectivity index (χ3v) is 6.28. The molecule has 1 N–H and O–H groups in total. The van der Waals surface area contributed by atoms with Gasteiger partial charge in [0.25, 0.3) is 0 Å². The van der Waals surface area contributed by atoms with Crippen LogP contribution in [-0.4, -0.2) is 66.8 Å². The van der Waals surface area contributed by atoms with Crippen LogP contribution in [0.2, 0.25) is 0 Å². The third-order valence-electron chi connectivity index (χ3n) is 6.28. The van der Waals surface area contributed by atoms with Crippen LogP contribution in [0.1, 0.15) is 25.3 Å². The minimum Gasteiger partial charge on any atom is -0.504 e. The van der Waals surface area contributed by atoms with Gasteiger partial charge >= 0.3 is 0 Å². The second-order valence-corrected chi connectivity index (χ2v) is 8.23. The first kappa shape index (κ1) is 20.9. The van der Waals surface area contributed by atoms with Crippen LogP contribution >= 0.6 is 0 Å². The lowest BCUT2D eigenvalue weighted by atomic mass is 10.0. The average Bonchev–Trinajstić information content (AvgIpc) is 2.78. The van der Waals surface area contributed by atoms with E-state index in [0.717, 1.165) is 57.1 Å². The van der Waals surface area contributed by atoms with E-state index in [1.54, 1.807) is 0 Å². The number of benzene rings is 2. The van der Waals surface area contributed by atoms with Gasteiger partial charge < -0.3 is 14.7 Å². The van der Waals surface area contributed by atoms with Crippen molar-refractivity contribution in [2.24, 2.45) is 0 Å². The predicted octanol–water partition coefficient (Wildman–Crippen LogP) is 3.72. The summed E-state index contributed by atoms with van der Waals surface area (Å²) >= 11 is 0. The number of nitrogens with zero attached hydrogens (tertiary/aromatic N) is 3. The van der Waals surface area contributed by atoms with E-state index in [1.807, 2.05) is 37.3 Å². The van der Waals surface area contributed by atoms with E-state index in [9.17, 15) is 9.50 Å². The summed E-state index contributed by atoms with van der Waals surface area (Å²) < 4.78 is 18.7. The number of halogens is 1. The number of ether oxygens (including phenoxy) is 1. The Morgan fingerprint density at radius 2 is 1.80 bits per heavy atom. The molecule has 162 valence electrons. The number of aromatic hydroxyl groups is 1. The Morgan fingerprint density at radius 1 is 1.03 bits per heavy atom. The summed E-state index contributed by atoms with van der Waals surface area (Å²) in [7, 11) is 0. The van der Waals surface area contributed by atoms with Crippen LogP contribution in [0.5, 0.6) is 11.5 Å². The second kappa shape index (κ2) is 9.67. The number of rotatable bonds is 6. The summed E-state index contributed by atoms with van der Waals surface area (Å²) in [5.41, 5.74) is 2.04. The second-order valence-electron chi connectivity index (χ2n) is 8.23. The zero-order valence-electron chi connectivity index (χ0n) is 17.8.